The molecule has 1 aromatic rings. The Balaban J connectivity index is 2.47. The lowest BCUT2D eigenvalue weighted by molar-refractivity contribution is 0.542. The number of nitrogens with zero attached hydrogens (tertiary/aromatic N) is 1. The quantitative estimate of drug-likeness (QED) is 0.760. The zero-order valence-corrected chi connectivity index (χ0v) is 11.0. The molecule has 1 aliphatic rings. The Kier molecular flexibility index (Phi) is 3.46. The summed E-state index contributed by atoms with van der Waals surface area (Å²) in [5.74, 6) is 0.255. The first-order valence-corrected chi connectivity index (χ1v) is 7.87. The Morgan fingerprint density at radius 1 is 1.24 bits per heavy atom. The summed E-state index contributed by atoms with van der Waals surface area (Å²) in [5.41, 5.74) is 0.666. The summed E-state index contributed by atoms with van der Waals surface area (Å²) in [5, 5.41) is 0. The van der Waals surface area contributed by atoms with E-state index in [2.05, 4.69) is 0 Å². The van der Waals surface area contributed by atoms with E-state index in [4.69, 9.17) is 0 Å². The van der Waals surface area contributed by atoms with Crippen LogP contribution in [0.2, 0.25) is 0 Å². The highest BCUT2D eigenvalue weighted by molar-refractivity contribution is 8.01. The smallest absolute Gasteiger partial charge is 0.241 e. The van der Waals surface area contributed by atoms with Gasteiger partial charge in [-0.05, 0) is 18.6 Å². The van der Waals surface area contributed by atoms with Gasteiger partial charge in [0, 0.05) is 6.54 Å². The van der Waals surface area contributed by atoms with Gasteiger partial charge in [0.05, 0.1) is 10.6 Å². The van der Waals surface area contributed by atoms with E-state index >= 15 is 0 Å². The average Bonchev–Trinajstić information content (AvgIpc) is 2.29. The fourth-order valence-electron chi connectivity index (χ4n) is 1.64. The molecule has 1 atom stereocenters. The Morgan fingerprint density at radius 3 is 2.59 bits per heavy atom. The molecule has 0 spiro atoms. The van der Waals surface area contributed by atoms with Crippen LogP contribution < -0.4 is 0 Å². The third kappa shape index (κ3) is 2.34. The van der Waals surface area contributed by atoms with Crippen molar-refractivity contribution in [2.45, 2.75) is 11.8 Å². The van der Waals surface area contributed by atoms with Crippen LogP contribution in [0, 0.1) is 6.92 Å². The van der Waals surface area contributed by atoms with Gasteiger partial charge >= 0.3 is 0 Å². The molecular formula is C11H13NO3S2. The number of aryl methyl sites for hydroxylation is 1. The van der Waals surface area contributed by atoms with Crippen molar-refractivity contribution in [2.75, 3.05) is 12.3 Å². The van der Waals surface area contributed by atoms with Gasteiger partial charge in [-0.25, -0.2) is 12.6 Å². The first-order chi connectivity index (χ1) is 8.03. The molecule has 0 aliphatic carbocycles. The van der Waals surface area contributed by atoms with Crippen molar-refractivity contribution in [2.24, 2.45) is 0 Å². The molecule has 0 N–H and O–H groups in total. The minimum absolute atomic E-state index is 0.170. The molecule has 2 rings (SSSR count). The number of rotatable bonds is 2. The summed E-state index contributed by atoms with van der Waals surface area (Å²) in [6.45, 7) is 1.90. The van der Waals surface area contributed by atoms with E-state index in [-0.39, 0.29) is 17.2 Å². The number of benzene rings is 1. The number of hydrogen-bond donors (Lipinski definition) is 0. The first-order valence-electron chi connectivity index (χ1n) is 5.15. The highest BCUT2D eigenvalue weighted by atomic mass is 32.3. The van der Waals surface area contributed by atoms with Crippen LogP contribution in [-0.2, 0) is 21.0 Å². The Morgan fingerprint density at radius 2 is 1.94 bits per heavy atom. The molecule has 6 heteroatoms. The van der Waals surface area contributed by atoms with E-state index in [9.17, 15) is 12.6 Å². The maximum Gasteiger partial charge on any atom is 0.254 e. The van der Waals surface area contributed by atoms with Gasteiger partial charge in [0.2, 0.25) is 0 Å². The third-order valence-electron chi connectivity index (χ3n) is 2.53. The van der Waals surface area contributed by atoms with Crippen molar-refractivity contribution >= 4 is 21.0 Å². The lowest BCUT2D eigenvalue weighted by Crippen LogP contribution is -2.36. The molecule has 1 aromatic carbocycles. The largest absolute Gasteiger partial charge is 0.254 e. The summed E-state index contributed by atoms with van der Waals surface area (Å²) in [4.78, 5) is 0.226. The van der Waals surface area contributed by atoms with Crippen LogP contribution in [0.5, 0.6) is 0 Å². The maximum absolute atomic E-state index is 12.3. The van der Waals surface area contributed by atoms with Gasteiger partial charge in [-0.15, -0.1) is 3.71 Å². The fraction of sp³-hybridized carbons (Fsp3) is 0.273. The second-order valence-corrected chi connectivity index (χ2v) is 7.19. The van der Waals surface area contributed by atoms with E-state index in [1.807, 2.05) is 0 Å². The lowest BCUT2D eigenvalue weighted by atomic mass is 10.2. The highest BCUT2D eigenvalue weighted by Gasteiger charge is 2.30. The topological polar surface area (TPSA) is 54.5 Å². The van der Waals surface area contributed by atoms with Crippen molar-refractivity contribution in [1.29, 1.82) is 0 Å². The average molecular weight is 271 g/mol. The van der Waals surface area contributed by atoms with E-state index in [1.54, 1.807) is 43.3 Å². The van der Waals surface area contributed by atoms with Gasteiger partial charge in [0.1, 0.15) is 11.0 Å². The molecule has 0 bridgehead atoms. The number of hydrogen-bond acceptors (Lipinski definition) is 3. The molecule has 17 heavy (non-hydrogen) atoms. The normalized spacial score (nSPS) is 21.6. The molecule has 4 nitrogen and oxygen atoms in total. The zero-order valence-electron chi connectivity index (χ0n) is 9.37. The van der Waals surface area contributed by atoms with Gasteiger partial charge in [-0.3, -0.25) is 0 Å². The van der Waals surface area contributed by atoms with Crippen LogP contribution >= 0.6 is 0 Å². The predicted molar refractivity (Wildman–Crippen MR) is 67.2 cm³/mol. The minimum atomic E-state index is -3.66. The van der Waals surface area contributed by atoms with Crippen LogP contribution in [-0.4, -0.2) is 28.6 Å². The van der Waals surface area contributed by atoms with Gasteiger partial charge in [-0.1, -0.05) is 30.4 Å². The molecular weight excluding hydrogens is 258 g/mol. The molecule has 1 unspecified atom stereocenters. The summed E-state index contributed by atoms with van der Waals surface area (Å²) >= 11 is 0. The molecule has 0 saturated carbocycles. The molecule has 0 radical (unpaired) electrons. The molecule has 1 aliphatic heterocycles. The zero-order chi connectivity index (χ0) is 12.5. The van der Waals surface area contributed by atoms with Crippen molar-refractivity contribution in [3.8, 4) is 0 Å². The summed E-state index contributed by atoms with van der Waals surface area (Å²) in [6, 6.07) is 6.72. The third-order valence-corrected chi connectivity index (χ3v) is 6.39. The molecule has 1 heterocycles. The summed E-state index contributed by atoms with van der Waals surface area (Å²) < 4.78 is 37.4. The predicted octanol–water partition coefficient (Wildman–Crippen LogP) is 1.22. The standard InChI is InChI=1S/C11H13NO3S2/c1-10-6-2-3-7-11(10)17(14,15)12-8-4-5-9-16(12)13/h2-7H,8-9H2,1H3. The van der Waals surface area contributed by atoms with Gasteiger partial charge < -0.3 is 0 Å². The van der Waals surface area contributed by atoms with Gasteiger partial charge in [0.25, 0.3) is 10.0 Å². The maximum atomic E-state index is 12.3. The summed E-state index contributed by atoms with van der Waals surface area (Å²) in [6.07, 6.45) is 3.46. The molecule has 92 valence electrons. The number of sulfonamides is 1. The van der Waals surface area contributed by atoms with E-state index < -0.39 is 21.0 Å². The van der Waals surface area contributed by atoms with Gasteiger partial charge in [-0.2, -0.15) is 0 Å². The van der Waals surface area contributed by atoms with E-state index in [0.717, 1.165) is 3.71 Å². The van der Waals surface area contributed by atoms with Gasteiger partial charge in [0.15, 0.2) is 0 Å². The van der Waals surface area contributed by atoms with Crippen molar-refractivity contribution in [1.82, 2.24) is 3.71 Å². The Labute approximate surface area is 104 Å². The highest BCUT2D eigenvalue weighted by Crippen LogP contribution is 2.22. The van der Waals surface area contributed by atoms with Crippen LogP contribution in [0.3, 0.4) is 0 Å². The fourth-order valence-corrected chi connectivity index (χ4v) is 4.89. The van der Waals surface area contributed by atoms with E-state index in [0.29, 0.717) is 5.56 Å². The minimum Gasteiger partial charge on any atom is -0.241 e. The Bertz CT molecular complexity index is 578. The van der Waals surface area contributed by atoms with Crippen molar-refractivity contribution in [3.63, 3.8) is 0 Å². The van der Waals surface area contributed by atoms with Crippen molar-refractivity contribution < 1.29 is 12.6 Å². The van der Waals surface area contributed by atoms with Crippen LogP contribution in [0.1, 0.15) is 5.56 Å². The molecule has 0 aromatic heterocycles. The second-order valence-electron chi connectivity index (χ2n) is 3.72. The molecule has 0 fully saturated rings. The second kappa shape index (κ2) is 4.72. The van der Waals surface area contributed by atoms with Crippen LogP contribution in [0.4, 0.5) is 0 Å². The molecule has 0 amide bonds. The Hall–Kier alpha value is -0.980. The monoisotopic (exact) mass is 271 g/mol. The SMILES string of the molecule is Cc1ccccc1S(=O)(=O)N1CC=CCS1=O. The summed E-state index contributed by atoms with van der Waals surface area (Å²) in [7, 11) is -5.16. The first kappa shape index (κ1) is 12.5. The van der Waals surface area contributed by atoms with Crippen LogP contribution in [0.25, 0.3) is 0 Å². The lowest BCUT2D eigenvalue weighted by Gasteiger charge is -2.22. The molecule has 0 saturated heterocycles. The van der Waals surface area contributed by atoms with Crippen molar-refractivity contribution in [3.05, 3.63) is 42.0 Å². The van der Waals surface area contributed by atoms with Crippen LogP contribution in [0.15, 0.2) is 41.3 Å². The van der Waals surface area contributed by atoms with E-state index in [1.165, 1.54) is 0 Å².